The molecule has 4 aromatic rings. The van der Waals surface area contributed by atoms with Gasteiger partial charge in [0, 0.05) is 23.4 Å². The zero-order chi connectivity index (χ0) is 40.8. The Morgan fingerprint density at radius 1 is 1.07 bits per heavy atom. The zero-order valence-corrected chi connectivity index (χ0v) is 30.8. The number of hydrogen-bond acceptors (Lipinski definition) is 15. The standard InChI is InChI=1S/C40H39N3O14/c1-19-12-20(2)14-23(13-19)31-29-22(10-11-42-29)16-43(31)57-35-39(55-33(34(47)40(35,52)18-44)38(51)56-37(50)30(41-3)36(48)49)54-25-8-9-26-28(15-25)53-17-27(32(26)46)21-4-6-24(45)7-5-21/h4-15,17,30,33-35,38-39,41,44-45,47,51-52H,16,18H2,1-3H3,(H,48,49)/p+1. The largest absolute Gasteiger partial charge is 0.508 e. The van der Waals surface area contributed by atoms with Crippen LogP contribution in [0, 0.1) is 13.8 Å². The second-order valence-corrected chi connectivity index (χ2v) is 14.0. The highest BCUT2D eigenvalue weighted by atomic mass is 16.8. The Hall–Kier alpha value is -5.76. The van der Waals surface area contributed by atoms with E-state index in [1.165, 1.54) is 43.6 Å². The van der Waals surface area contributed by atoms with E-state index in [0.717, 1.165) is 22.3 Å². The summed E-state index contributed by atoms with van der Waals surface area (Å²) < 4.78 is 23.0. The molecule has 1 aromatic heterocycles. The fraction of sp³-hybridized carbons (Fsp3) is 0.300. The summed E-state index contributed by atoms with van der Waals surface area (Å²) in [6.07, 6.45) is -5.53. The molecule has 1 saturated heterocycles. The van der Waals surface area contributed by atoms with Crippen LogP contribution in [0.15, 0.2) is 98.5 Å². The number of allylic oxidation sites excluding steroid dienone is 1. The second-order valence-electron chi connectivity index (χ2n) is 14.0. The predicted octanol–water partition coefficient (Wildman–Crippen LogP) is 0.0829. The highest BCUT2D eigenvalue weighted by Crippen LogP contribution is 2.37. The van der Waals surface area contributed by atoms with Crippen molar-refractivity contribution < 1.29 is 68.8 Å². The lowest BCUT2D eigenvalue weighted by atomic mass is 9.84. The van der Waals surface area contributed by atoms with E-state index in [0.29, 0.717) is 17.0 Å². The molecule has 57 heavy (non-hydrogen) atoms. The number of carbonyl (C=O) groups excluding carboxylic acids is 1. The molecule has 17 nitrogen and oxygen atoms in total. The number of hydrogen-bond donors (Lipinski definition) is 8. The molecule has 0 saturated carbocycles. The molecule has 8 atom stereocenters. The minimum atomic E-state index is -2.70. The number of aryl methyl sites for hydroxylation is 2. The lowest BCUT2D eigenvalue weighted by molar-refractivity contribution is -1.04. The van der Waals surface area contributed by atoms with Crippen LogP contribution in [0.1, 0.15) is 16.7 Å². The van der Waals surface area contributed by atoms with Crippen molar-refractivity contribution >= 4 is 34.8 Å². The minimum absolute atomic E-state index is 0.0156. The van der Waals surface area contributed by atoms with Crippen LogP contribution >= 0.6 is 0 Å². The Balaban J connectivity index is 1.26. The molecule has 8 unspecified atom stereocenters. The molecule has 0 amide bonds. The fourth-order valence-corrected chi connectivity index (χ4v) is 7.19. The molecule has 3 aliphatic heterocycles. The van der Waals surface area contributed by atoms with Crippen molar-refractivity contribution in [2.24, 2.45) is 4.99 Å². The number of aliphatic hydroxyl groups is 4. The predicted molar refractivity (Wildman–Crippen MR) is 200 cm³/mol. The Morgan fingerprint density at radius 2 is 1.79 bits per heavy atom. The number of ether oxygens (including phenoxy) is 3. The lowest BCUT2D eigenvalue weighted by Crippen LogP contribution is -3.09. The molecule has 17 heteroatoms. The Morgan fingerprint density at radius 3 is 2.46 bits per heavy atom. The summed E-state index contributed by atoms with van der Waals surface area (Å²) in [5.74, 6) is -3.06. The molecule has 3 aliphatic rings. The molecule has 3 aromatic carbocycles. The summed E-state index contributed by atoms with van der Waals surface area (Å²) >= 11 is 0. The van der Waals surface area contributed by atoms with Gasteiger partial charge in [-0.1, -0.05) is 29.3 Å². The van der Waals surface area contributed by atoms with Gasteiger partial charge in [-0.3, -0.25) is 10.1 Å². The molecule has 0 aliphatic carbocycles. The molecule has 8 N–H and O–H groups in total. The third kappa shape index (κ3) is 7.45. The van der Waals surface area contributed by atoms with Crippen molar-refractivity contribution in [2.45, 2.75) is 56.4 Å². The Kier molecular flexibility index (Phi) is 10.8. The number of aliphatic hydroxyl groups excluding tert-OH is 3. The monoisotopic (exact) mass is 786 g/mol. The number of nitrogens with zero attached hydrogens (tertiary/aromatic N) is 1. The first kappa shape index (κ1) is 39.5. The van der Waals surface area contributed by atoms with E-state index in [4.69, 9.17) is 23.5 Å². The highest BCUT2D eigenvalue weighted by molar-refractivity contribution is 5.98. The van der Waals surface area contributed by atoms with Gasteiger partial charge in [0.25, 0.3) is 0 Å². The van der Waals surface area contributed by atoms with Gasteiger partial charge in [-0.25, -0.2) is 14.6 Å². The summed E-state index contributed by atoms with van der Waals surface area (Å²) in [6, 6.07) is 14.1. The minimum Gasteiger partial charge on any atom is -0.508 e. The molecule has 1 fully saturated rings. The Bertz CT molecular complexity index is 2350. The number of carbonyl (C=O) groups is 2. The normalized spacial score (nSPS) is 25.2. The molecule has 7 rings (SSSR count). The number of likely N-dealkylation sites (N-methyl/N-ethyl adjacent to an activating group) is 1. The molecular formula is C40H40N3O14+. The van der Waals surface area contributed by atoms with Crippen molar-refractivity contribution in [1.82, 2.24) is 5.32 Å². The van der Waals surface area contributed by atoms with Crippen LogP contribution in [-0.4, -0.2) is 112 Å². The van der Waals surface area contributed by atoms with E-state index in [1.807, 2.05) is 32.0 Å². The van der Waals surface area contributed by atoms with Crippen LogP contribution in [0.25, 0.3) is 27.8 Å². The molecular weight excluding hydrogens is 746 g/mol. The van der Waals surface area contributed by atoms with Crippen molar-refractivity contribution in [3.05, 3.63) is 111 Å². The zero-order valence-electron chi connectivity index (χ0n) is 30.8. The maximum Gasteiger partial charge on any atom is 0.337 e. The fourth-order valence-electron chi connectivity index (χ4n) is 7.19. The molecule has 298 valence electrons. The van der Waals surface area contributed by atoms with Crippen LogP contribution in [0.3, 0.4) is 0 Å². The van der Waals surface area contributed by atoms with E-state index in [-0.39, 0.29) is 45.1 Å². The lowest BCUT2D eigenvalue weighted by Gasteiger charge is -2.48. The SMILES string of the molecule is CNC(C(=O)O)C(=O)OC(O)C1OC(Oc2ccc3c(=O)c(-c4ccc(O)cc4)coc3c2)C(O[NH+]2CC3=CC=NC3=C2c2cc(C)cc(C)c2)C(O)(CO)C1O. The average molecular weight is 787 g/mol. The summed E-state index contributed by atoms with van der Waals surface area (Å²) in [6.45, 7) is 2.86. The summed E-state index contributed by atoms with van der Waals surface area (Å²) in [5.41, 5.74) is 2.37. The first-order valence-electron chi connectivity index (χ1n) is 17.8. The molecule has 4 heterocycles. The number of benzene rings is 3. The molecule has 0 radical (unpaired) electrons. The van der Waals surface area contributed by atoms with Crippen LogP contribution < -0.4 is 20.5 Å². The van der Waals surface area contributed by atoms with Gasteiger partial charge in [-0.2, -0.15) is 9.90 Å². The van der Waals surface area contributed by atoms with Gasteiger partial charge < -0.3 is 49.3 Å². The maximum absolute atomic E-state index is 13.5. The van der Waals surface area contributed by atoms with Gasteiger partial charge in [0.15, 0.2) is 22.8 Å². The van der Waals surface area contributed by atoms with E-state index in [2.05, 4.69) is 10.3 Å². The van der Waals surface area contributed by atoms with Crippen molar-refractivity contribution in [2.75, 3.05) is 20.2 Å². The average Bonchev–Trinajstić information content (AvgIpc) is 3.76. The smallest absolute Gasteiger partial charge is 0.337 e. The van der Waals surface area contributed by atoms with Crippen LogP contribution in [0.4, 0.5) is 0 Å². The molecule has 0 bridgehead atoms. The number of esters is 1. The van der Waals surface area contributed by atoms with E-state index >= 15 is 0 Å². The quantitative estimate of drug-likeness (QED) is 0.0538. The second kappa shape index (κ2) is 15.6. The van der Waals surface area contributed by atoms with E-state index in [1.54, 1.807) is 24.4 Å². The number of rotatable bonds is 12. The number of phenolic OH excluding ortho intramolecular Hbond substituents is 1. The number of phenols is 1. The maximum atomic E-state index is 13.5. The summed E-state index contributed by atoms with van der Waals surface area (Å²) in [5, 5.41) is 67.2. The number of nitrogens with one attached hydrogen (secondary N) is 2. The van der Waals surface area contributed by atoms with Gasteiger partial charge in [0.05, 0.1) is 17.6 Å². The number of aliphatic imine (C=N–C) groups is 1. The number of aromatic hydroxyl groups is 1. The van der Waals surface area contributed by atoms with Crippen LogP contribution in [0.2, 0.25) is 0 Å². The first-order chi connectivity index (χ1) is 27.2. The highest BCUT2D eigenvalue weighted by Gasteiger charge is 2.62. The van der Waals surface area contributed by atoms with Crippen LogP contribution in [0.5, 0.6) is 11.5 Å². The van der Waals surface area contributed by atoms with Crippen molar-refractivity contribution in [3.8, 4) is 22.6 Å². The summed E-state index contributed by atoms with van der Waals surface area (Å²) in [4.78, 5) is 48.8. The first-order valence-corrected chi connectivity index (χ1v) is 17.8. The van der Waals surface area contributed by atoms with Gasteiger partial charge in [-0.15, -0.1) is 0 Å². The number of hydroxylamine groups is 2. The molecule has 0 spiro atoms. The number of carboxylic acid groups (broad SMARTS) is 1. The number of carboxylic acids is 1. The van der Waals surface area contributed by atoms with Crippen molar-refractivity contribution in [1.29, 1.82) is 0 Å². The number of quaternary nitrogens is 1. The number of fused-ring (bicyclic) bond motifs is 2. The van der Waals surface area contributed by atoms with E-state index < -0.39 is 61.1 Å². The van der Waals surface area contributed by atoms with Crippen LogP contribution in [-0.2, 0) is 23.9 Å². The Labute approximate surface area is 323 Å². The van der Waals surface area contributed by atoms with Gasteiger partial charge >= 0.3 is 11.9 Å². The third-order valence-electron chi connectivity index (χ3n) is 10.0. The summed E-state index contributed by atoms with van der Waals surface area (Å²) in [7, 11) is 1.17. The van der Waals surface area contributed by atoms with Gasteiger partial charge in [0.2, 0.25) is 24.7 Å². The van der Waals surface area contributed by atoms with Gasteiger partial charge in [0.1, 0.15) is 41.7 Å². The van der Waals surface area contributed by atoms with E-state index in [9.17, 15) is 45.0 Å². The topological polar surface area (TPSA) is 251 Å². The third-order valence-corrected chi connectivity index (χ3v) is 10.0. The van der Waals surface area contributed by atoms with Gasteiger partial charge in [-0.05, 0) is 68.9 Å². The van der Waals surface area contributed by atoms with Crippen molar-refractivity contribution in [3.63, 3.8) is 0 Å². The number of aliphatic carboxylic acids is 1.